The van der Waals surface area contributed by atoms with E-state index in [9.17, 15) is 0 Å². The Kier molecular flexibility index (Phi) is 3.65. The number of hydrogen-bond donors (Lipinski definition) is 2. The molecule has 0 saturated carbocycles. The Morgan fingerprint density at radius 3 is 2.29 bits per heavy atom. The summed E-state index contributed by atoms with van der Waals surface area (Å²) in [4.78, 5) is 0. The molecule has 0 atom stereocenters. The van der Waals surface area contributed by atoms with Crippen molar-refractivity contribution in [2.24, 2.45) is 0 Å². The van der Waals surface area contributed by atoms with Crippen LogP contribution in [0, 0.1) is 0 Å². The summed E-state index contributed by atoms with van der Waals surface area (Å²) in [5.41, 5.74) is 0.808. The lowest BCUT2D eigenvalue weighted by Crippen LogP contribution is -1.85. The van der Waals surface area contributed by atoms with Crippen molar-refractivity contribution in [2.75, 3.05) is 13.2 Å². The molecule has 0 aromatic heterocycles. The van der Waals surface area contributed by atoms with E-state index in [-0.39, 0.29) is 13.2 Å². The van der Waals surface area contributed by atoms with E-state index in [2.05, 4.69) is 0 Å². The van der Waals surface area contributed by atoms with Gasteiger partial charge < -0.3 is 10.2 Å². The first kappa shape index (κ1) is 6.66. The molecule has 0 aromatic carbocycles. The quantitative estimate of drug-likeness (QED) is 0.479. The standard InChI is InChI=1S/C5H10O2/c1-5(4-7)2-3-6/h2,6-7H,3-4H2,1H3. The lowest BCUT2D eigenvalue weighted by Gasteiger charge is -1.87. The third-order valence-corrected chi connectivity index (χ3v) is 0.689. The maximum Gasteiger partial charge on any atom is 0.0639 e. The fourth-order valence-corrected chi connectivity index (χ4v) is 0.220. The molecule has 0 radical (unpaired) electrons. The van der Waals surface area contributed by atoms with E-state index in [1.54, 1.807) is 13.0 Å². The molecule has 0 heterocycles. The van der Waals surface area contributed by atoms with Gasteiger partial charge in [0.2, 0.25) is 0 Å². The van der Waals surface area contributed by atoms with Crippen molar-refractivity contribution in [2.45, 2.75) is 6.92 Å². The summed E-state index contributed by atoms with van der Waals surface area (Å²) in [6.07, 6.45) is 1.57. The molecule has 2 nitrogen and oxygen atoms in total. The first-order valence-corrected chi connectivity index (χ1v) is 2.18. The predicted octanol–water partition coefficient (Wildman–Crippen LogP) is -0.0827. The van der Waals surface area contributed by atoms with Crippen molar-refractivity contribution in [1.82, 2.24) is 0 Å². The number of rotatable bonds is 2. The van der Waals surface area contributed by atoms with Crippen molar-refractivity contribution in [3.8, 4) is 0 Å². The largest absolute Gasteiger partial charge is 0.392 e. The highest BCUT2D eigenvalue weighted by atomic mass is 16.3. The summed E-state index contributed by atoms with van der Waals surface area (Å²) in [6.45, 7) is 1.82. The first-order chi connectivity index (χ1) is 3.31. The van der Waals surface area contributed by atoms with Gasteiger partial charge in [0.25, 0.3) is 0 Å². The summed E-state index contributed by atoms with van der Waals surface area (Å²) in [5.74, 6) is 0. The van der Waals surface area contributed by atoms with Gasteiger partial charge in [-0.05, 0) is 12.5 Å². The normalized spacial score (nSPS) is 12.1. The van der Waals surface area contributed by atoms with Crippen LogP contribution in [-0.2, 0) is 0 Å². The highest BCUT2D eigenvalue weighted by Gasteiger charge is 1.78. The van der Waals surface area contributed by atoms with E-state index >= 15 is 0 Å². The topological polar surface area (TPSA) is 40.5 Å². The molecule has 0 aromatic rings. The predicted molar refractivity (Wildman–Crippen MR) is 27.9 cm³/mol. The average Bonchev–Trinajstić information content (AvgIpc) is 1.68. The Balaban J connectivity index is 3.29. The molecule has 2 heteroatoms. The molecule has 2 N–H and O–H groups in total. The van der Waals surface area contributed by atoms with Gasteiger partial charge >= 0.3 is 0 Å². The van der Waals surface area contributed by atoms with Gasteiger partial charge in [-0.1, -0.05) is 6.08 Å². The van der Waals surface area contributed by atoms with Gasteiger partial charge in [-0.3, -0.25) is 0 Å². The van der Waals surface area contributed by atoms with E-state index in [1.807, 2.05) is 0 Å². The van der Waals surface area contributed by atoms with E-state index in [0.717, 1.165) is 5.57 Å². The van der Waals surface area contributed by atoms with Crippen molar-refractivity contribution < 1.29 is 10.2 Å². The summed E-state index contributed by atoms with van der Waals surface area (Å²) in [5, 5.41) is 16.5. The Labute approximate surface area is 43.1 Å². The van der Waals surface area contributed by atoms with Gasteiger partial charge in [0, 0.05) is 0 Å². The molecule has 0 amide bonds. The molecule has 0 aliphatic rings. The van der Waals surface area contributed by atoms with Gasteiger partial charge in [-0.25, -0.2) is 0 Å². The Hall–Kier alpha value is -0.340. The van der Waals surface area contributed by atoms with Crippen LogP contribution < -0.4 is 0 Å². The van der Waals surface area contributed by atoms with Crippen LogP contribution in [0.2, 0.25) is 0 Å². The van der Waals surface area contributed by atoms with Crippen molar-refractivity contribution in [3.63, 3.8) is 0 Å². The molecule has 0 rings (SSSR count). The van der Waals surface area contributed by atoms with Crippen LogP contribution in [0.15, 0.2) is 11.6 Å². The fourth-order valence-electron chi connectivity index (χ4n) is 0.220. The SMILES string of the molecule is CC(=CCO)CO. The summed E-state index contributed by atoms with van der Waals surface area (Å²) < 4.78 is 0. The number of aliphatic hydroxyl groups is 2. The van der Waals surface area contributed by atoms with Crippen LogP contribution in [0.25, 0.3) is 0 Å². The summed E-state index contributed by atoms with van der Waals surface area (Å²) >= 11 is 0. The molecule has 0 bridgehead atoms. The molecule has 0 spiro atoms. The van der Waals surface area contributed by atoms with Crippen molar-refractivity contribution in [3.05, 3.63) is 11.6 Å². The average molecular weight is 102 g/mol. The second-order valence-electron chi connectivity index (χ2n) is 1.39. The van der Waals surface area contributed by atoms with Gasteiger partial charge in [-0.2, -0.15) is 0 Å². The second-order valence-corrected chi connectivity index (χ2v) is 1.39. The second kappa shape index (κ2) is 3.84. The number of hydrogen-bond acceptors (Lipinski definition) is 2. The van der Waals surface area contributed by atoms with Crippen LogP contribution in [0.1, 0.15) is 6.92 Å². The van der Waals surface area contributed by atoms with Gasteiger partial charge in [0.1, 0.15) is 0 Å². The summed E-state index contributed by atoms with van der Waals surface area (Å²) in [6, 6.07) is 0. The lowest BCUT2D eigenvalue weighted by atomic mass is 10.3. The van der Waals surface area contributed by atoms with Crippen LogP contribution in [0.5, 0.6) is 0 Å². The van der Waals surface area contributed by atoms with E-state index in [1.165, 1.54) is 0 Å². The number of aliphatic hydroxyl groups excluding tert-OH is 2. The van der Waals surface area contributed by atoms with Gasteiger partial charge in [-0.15, -0.1) is 0 Å². The smallest absolute Gasteiger partial charge is 0.0639 e. The van der Waals surface area contributed by atoms with E-state index in [0.29, 0.717) is 0 Å². The maximum absolute atomic E-state index is 8.29. The lowest BCUT2D eigenvalue weighted by molar-refractivity contribution is 0.320. The third-order valence-electron chi connectivity index (χ3n) is 0.689. The zero-order valence-electron chi connectivity index (χ0n) is 4.39. The van der Waals surface area contributed by atoms with Crippen LogP contribution >= 0.6 is 0 Å². The van der Waals surface area contributed by atoms with Gasteiger partial charge in [0.05, 0.1) is 13.2 Å². The van der Waals surface area contributed by atoms with Gasteiger partial charge in [0.15, 0.2) is 0 Å². The molecule has 7 heavy (non-hydrogen) atoms. The van der Waals surface area contributed by atoms with Crippen LogP contribution in [0.3, 0.4) is 0 Å². The minimum atomic E-state index is 0.0202. The first-order valence-electron chi connectivity index (χ1n) is 2.18. The maximum atomic E-state index is 8.29. The minimum absolute atomic E-state index is 0.0202. The molecule has 42 valence electrons. The zero-order valence-corrected chi connectivity index (χ0v) is 4.39. The molecular formula is C5H10O2. The minimum Gasteiger partial charge on any atom is -0.392 e. The summed E-state index contributed by atoms with van der Waals surface area (Å²) in [7, 11) is 0. The van der Waals surface area contributed by atoms with Crippen molar-refractivity contribution in [1.29, 1.82) is 0 Å². The molecule has 0 saturated heterocycles. The fraction of sp³-hybridized carbons (Fsp3) is 0.600. The molecule has 0 fully saturated rings. The Bertz CT molecular complexity index is 66.5. The molecule has 0 unspecified atom stereocenters. The monoisotopic (exact) mass is 102 g/mol. The highest BCUT2D eigenvalue weighted by Crippen LogP contribution is 1.85. The van der Waals surface area contributed by atoms with Crippen molar-refractivity contribution >= 4 is 0 Å². The van der Waals surface area contributed by atoms with Crippen LogP contribution in [0.4, 0.5) is 0 Å². The Morgan fingerprint density at radius 2 is 2.14 bits per heavy atom. The molecule has 0 aliphatic heterocycles. The highest BCUT2D eigenvalue weighted by molar-refractivity contribution is 4.96. The van der Waals surface area contributed by atoms with Crippen LogP contribution in [-0.4, -0.2) is 23.4 Å². The van der Waals surface area contributed by atoms with E-state index in [4.69, 9.17) is 10.2 Å². The third kappa shape index (κ3) is 3.49. The molecular weight excluding hydrogens is 92.1 g/mol. The molecule has 0 aliphatic carbocycles. The Morgan fingerprint density at radius 1 is 1.57 bits per heavy atom. The van der Waals surface area contributed by atoms with E-state index < -0.39 is 0 Å². The zero-order chi connectivity index (χ0) is 5.70.